The number of thiocarbonyl (C=S) groups is 1. The molecular weight excluding hydrogens is 406 g/mol. The predicted molar refractivity (Wildman–Crippen MR) is 118 cm³/mol. The lowest BCUT2D eigenvalue weighted by atomic mass is 10.1. The molecule has 0 atom stereocenters. The SMILES string of the molecule is COc1cc(CNC(=S)NC(=O)c2ccc([N+](=O)[O-])cc2)ccc1OCCC(C)C. The molecule has 0 spiro atoms. The number of nitro groups is 1. The number of nitrogens with one attached hydrogen (secondary N) is 2. The van der Waals surface area contributed by atoms with Gasteiger partial charge in [-0.25, -0.2) is 0 Å². The van der Waals surface area contributed by atoms with E-state index >= 15 is 0 Å². The van der Waals surface area contributed by atoms with Crippen LogP contribution in [0.5, 0.6) is 11.5 Å². The zero-order valence-corrected chi connectivity index (χ0v) is 18.0. The summed E-state index contributed by atoms with van der Waals surface area (Å²) in [6, 6.07) is 10.9. The van der Waals surface area contributed by atoms with Crippen molar-refractivity contribution in [2.24, 2.45) is 5.92 Å². The van der Waals surface area contributed by atoms with Gasteiger partial charge >= 0.3 is 0 Å². The maximum absolute atomic E-state index is 12.2. The molecule has 2 aromatic rings. The molecule has 1 amide bonds. The number of rotatable bonds is 9. The Hall–Kier alpha value is -3.20. The molecule has 0 heterocycles. The lowest BCUT2D eigenvalue weighted by Gasteiger charge is -2.14. The minimum atomic E-state index is -0.525. The number of nitrogens with zero attached hydrogens (tertiary/aromatic N) is 1. The fourth-order valence-electron chi connectivity index (χ4n) is 2.48. The number of carbonyl (C=O) groups is 1. The highest BCUT2D eigenvalue weighted by molar-refractivity contribution is 7.80. The van der Waals surface area contributed by atoms with E-state index in [-0.39, 0.29) is 16.4 Å². The van der Waals surface area contributed by atoms with E-state index in [1.54, 1.807) is 7.11 Å². The largest absolute Gasteiger partial charge is 0.493 e. The van der Waals surface area contributed by atoms with Gasteiger partial charge in [-0.3, -0.25) is 20.2 Å². The molecule has 30 heavy (non-hydrogen) atoms. The Morgan fingerprint density at radius 1 is 1.17 bits per heavy atom. The highest BCUT2D eigenvalue weighted by Gasteiger charge is 2.11. The Morgan fingerprint density at radius 3 is 2.47 bits per heavy atom. The summed E-state index contributed by atoms with van der Waals surface area (Å²) in [6.45, 7) is 5.27. The van der Waals surface area contributed by atoms with Crippen molar-refractivity contribution in [2.45, 2.75) is 26.8 Å². The summed E-state index contributed by atoms with van der Waals surface area (Å²) in [5.74, 6) is 1.41. The monoisotopic (exact) mass is 431 g/mol. The van der Waals surface area contributed by atoms with Crippen LogP contribution >= 0.6 is 12.2 Å². The molecular formula is C21H25N3O5S. The van der Waals surface area contributed by atoms with Gasteiger partial charge in [0.1, 0.15) is 0 Å². The van der Waals surface area contributed by atoms with E-state index in [4.69, 9.17) is 21.7 Å². The summed E-state index contributed by atoms with van der Waals surface area (Å²) in [6.07, 6.45) is 0.954. The fraction of sp³-hybridized carbons (Fsp3) is 0.333. The first-order chi connectivity index (χ1) is 14.3. The Kier molecular flexibility index (Phi) is 8.54. The fourth-order valence-corrected chi connectivity index (χ4v) is 2.65. The molecule has 0 radical (unpaired) electrons. The third-order valence-electron chi connectivity index (χ3n) is 4.20. The van der Waals surface area contributed by atoms with Crippen LogP contribution in [0.25, 0.3) is 0 Å². The number of nitro benzene ring substituents is 1. The number of ether oxygens (including phenoxy) is 2. The minimum Gasteiger partial charge on any atom is -0.493 e. The van der Waals surface area contributed by atoms with Crippen LogP contribution in [-0.4, -0.2) is 29.7 Å². The molecule has 2 N–H and O–H groups in total. The van der Waals surface area contributed by atoms with Crippen LogP contribution in [0.15, 0.2) is 42.5 Å². The van der Waals surface area contributed by atoms with Crippen LogP contribution < -0.4 is 20.1 Å². The summed E-state index contributed by atoms with van der Waals surface area (Å²) in [5.41, 5.74) is 1.09. The predicted octanol–water partition coefficient (Wildman–Crippen LogP) is 3.83. The van der Waals surface area contributed by atoms with Gasteiger partial charge in [0.2, 0.25) is 0 Å². The zero-order valence-electron chi connectivity index (χ0n) is 17.1. The van der Waals surface area contributed by atoms with Crippen molar-refractivity contribution in [2.75, 3.05) is 13.7 Å². The van der Waals surface area contributed by atoms with Gasteiger partial charge in [0.15, 0.2) is 16.6 Å². The van der Waals surface area contributed by atoms with Crippen LogP contribution in [0.4, 0.5) is 5.69 Å². The number of amides is 1. The maximum atomic E-state index is 12.2. The summed E-state index contributed by atoms with van der Waals surface area (Å²) < 4.78 is 11.2. The molecule has 9 heteroatoms. The van der Waals surface area contributed by atoms with Crippen LogP contribution in [0.2, 0.25) is 0 Å². The summed E-state index contributed by atoms with van der Waals surface area (Å²) in [5, 5.41) is 16.3. The number of methoxy groups -OCH3 is 1. The number of hydrogen-bond acceptors (Lipinski definition) is 6. The summed E-state index contributed by atoms with van der Waals surface area (Å²) >= 11 is 5.16. The van der Waals surface area contributed by atoms with Crippen molar-refractivity contribution in [1.29, 1.82) is 0 Å². The molecule has 0 aliphatic carbocycles. The number of non-ortho nitro benzene ring substituents is 1. The molecule has 2 rings (SSSR count). The van der Waals surface area contributed by atoms with Gasteiger partial charge in [0.25, 0.3) is 11.6 Å². The Morgan fingerprint density at radius 2 is 1.87 bits per heavy atom. The lowest BCUT2D eigenvalue weighted by Crippen LogP contribution is -2.38. The van der Waals surface area contributed by atoms with E-state index in [1.807, 2.05) is 18.2 Å². The first-order valence-electron chi connectivity index (χ1n) is 9.43. The van der Waals surface area contributed by atoms with Gasteiger partial charge in [0, 0.05) is 24.2 Å². The van der Waals surface area contributed by atoms with E-state index in [2.05, 4.69) is 24.5 Å². The van der Waals surface area contributed by atoms with Gasteiger partial charge in [0.05, 0.1) is 18.6 Å². The number of carbonyl (C=O) groups excluding carboxylic acids is 1. The normalized spacial score (nSPS) is 10.4. The Labute approximate surface area is 180 Å². The van der Waals surface area contributed by atoms with Crippen LogP contribution in [0.3, 0.4) is 0 Å². The van der Waals surface area contributed by atoms with E-state index < -0.39 is 10.8 Å². The third-order valence-corrected chi connectivity index (χ3v) is 4.45. The second kappa shape index (κ2) is 11.1. The summed E-state index contributed by atoms with van der Waals surface area (Å²) in [7, 11) is 1.58. The second-order valence-corrected chi connectivity index (χ2v) is 7.37. The Bertz CT molecular complexity index is 900. The highest BCUT2D eigenvalue weighted by atomic mass is 32.1. The van der Waals surface area contributed by atoms with Crippen molar-refractivity contribution in [3.8, 4) is 11.5 Å². The molecule has 0 saturated carbocycles. The van der Waals surface area contributed by atoms with Gasteiger partial charge in [-0.1, -0.05) is 19.9 Å². The molecule has 0 aliphatic heterocycles. The molecule has 0 bridgehead atoms. The number of benzene rings is 2. The smallest absolute Gasteiger partial charge is 0.269 e. The molecule has 2 aromatic carbocycles. The quantitative estimate of drug-likeness (QED) is 0.353. The van der Waals surface area contributed by atoms with Crippen molar-refractivity contribution in [3.63, 3.8) is 0 Å². The van der Waals surface area contributed by atoms with E-state index in [0.717, 1.165) is 12.0 Å². The molecule has 8 nitrogen and oxygen atoms in total. The average Bonchev–Trinajstić information content (AvgIpc) is 2.72. The van der Waals surface area contributed by atoms with Crippen LogP contribution in [0.1, 0.15) is 36.2 Å². The van der Waals surface area contributed by atoms with Crippen molar-refractivity contribution in [1.82, 2.24) is 10.6 Å². The van der Waals surface area contributed by atoms with Crippen molar-refractivity contribution < 1.29 is 19.2 Å². The molecule has 0 aliphatic rings. The zero-order chi connectivity index (χ0) is 22.1. The van der Waals surface area contributed by atoms with E-state index in [0.29, 0.717) is 30.6 Å². The average molecular weight is 432 g/mol. The van der Waals surface area contributed by atoms with Crippen molar-refractivity contribution in [3.05, 3.63) is 63.7 Å². The Balaban J connectivity index is 1.88. The van der Waals surface area contributed by atoms with Gasteiger partial charge in [-0.05, 0) is 54.4 Å². The molecule has 0 aromatic heterocycles. The third kappa shape index (κ3) is 7.00. The van der Waals surface area contributed by atoms with Gasteiger partial charge in [-0.15, -0.1) is 0 Å². The summed E-state index contributed by atoms with van der Waals surface area (Å²) in [4.78, 5) is 22.4. The number of hydrogen-bond donors (Lipinski definition) is 2. The topological polar surface area (TPSA) is 103 Å². The molecule has 160 valence electrons. The molecule has 0 fully saturated rings. The maximum Gasteiger partial charge on any atom is 0.269 e. The lowest BCUT2D eigenvalue weighted by molar-refractivity contribution is -0.384. The van der Waals surface area contributed by atoms with E-state index in [1.165, 1.54) is 24.3 Å². The first-order valence-corrected chi connectivity index (χ1v) is 9.84. The van der Waals surface area contributed by atoms with E-state index in [9.17, 15) is 14.9 Å². The van der Waals surface area contributed by atoms with Crippen molar-refractivity contribution >= 4 is 28.9 Å². The van der Waals surface area contributed by atoms with Gasteiger partial charge in [-0.2, -0.15) is 0 Å². The van der Waals surface area contributed by atoms with Crippen LogP contribution in [0, 0.1) is 16.0 Å². The highest BCUT2D eigenvalue weighted by Crippen LogP contribution is 2.28. The second-order valence-electron chi connectivity index (χ2n) is 6.96. The minimum absolute atomic E-state index is 0.0853. The van der Waals surface area contributed by atoms with Crippen LogP contribution in [-0.2, 0) is 6.54 Å². The standard InChI is InChI=1S/C21H25N3O5S/c1-14(2)10-11-29-18-9-4-15(12-19(18)28-3)13-22-21(30)23-20(25)16-5-7-17(8-6-16)24(26)27/h4-9,12,14H,10-11,13H2,1-3H3,(H2,22,23,25,30). The van der Waals surface area contributed by atoms with Gasteiger partial charge < -0.3 is 14.8 Å². The molecule has 0 unspecified atom stereocenters. The molecule has 0 saturated heterocycles. The first kappa shape index (κ1) is 23.1.